The average Bonchev–Trinajstić information content (AvgIpc) is 2.42. The molecule has 0 spiro atoms. The lowest BCUT2D eigenvalue weighted by Gasteiger charge is -2.05. The van der Waals surface area contributed by atoms with E-state index in [-0.39, 0.29) is 11.5 Å². The Bertz CT molecular complexity index is 666. The number of hydrogen-bond acceptors (Lipinski definition) is 3. The van der Waals surface area contributed by atoms with E-state index in [0.717, 1.165) is 21.1 Å². The maximum Gasteiger partial charge on any atom is 0.141 e. The van der Waals surface area contributed by atoms with E-state index in [0.29, 0.717) is 11.3 Å². The summed E-state index contributed by atoms with van der Waals surface area (Å²) in [5.74, 6) is 0.362. The summed E-state index contributed by atoms with van der Waals surface area (Å²) in [7, 11) is 0. The molecule has 0 saturated carbocycles. The minimum Gasteiger partial charge on any atom is -0.507 e. The third-order valence-electron chi connectivity index (χ3n) is 3.09. The highest BCUT2D eigenvalue weighted by molar-refractivity contribution is 14.1. The van der Waals surface area contributed by atoms with Crippen LogP contribution in [0.15, 0.2) is 35.3 Å². The standard InChI is InChI=1S/C16H16INO2/c1-3-11-4-5-15(19)14(7-11)18-9-12-8-13(17)6-10(2)16(12)20/h4-9,19-20H,3H2,1-2H3/b18-9+. The Balaban J connectivity index is 2.39. The van der Waals surface area contributed by atoms with Crippen LogP contribution in [0.3, 0.4) is 0 Å². The zero-order valence-corrected chi connectivity index (χ0v) is 13.5. The number of halogens is 1. The van der Waals surface area contributed by atoms with E-state index in [4.69, 9.17) is 0 Å². The largest absolute Gasteiger partial charge is 0.507 e. The van der Waals surface area contributed by atoms with E-state index in [1.54, 1.807) is 12.3 Å². The molecule has 0 heterocycles. The summed E-state index contributed by atoms with van der Waals surface area (Å²) in [6.07, 6.45) is 2.47. The third-order valence-corrected chi connectivity index (χ3v) is 3.71. The first kappa shape index (κ1) is 14.8. The van der Waals surface area contributed by atoms with Gasteiger partial charge in [-0.1, -0.05) is 13.0 Å². The van der Waals surface area contributed by atoms with Crippen molar-refractivity contribution >= 4 is 34.5 Å². The van der Waals surface area contributed by atoms with Crippen molar-refractivity contribution in [2.45, 2.75) is 20.3 Å². The molecular formula is C16H16INO2. The molecule has 3 nitrogen and oxygen atoms in total. The highest BCUT2D eigenvalue weighted by atomic mass is 127. The van der Waals surface area contributed by atoms with Crippen molar-refractivity contribution in [3.05, 3.63) is 50.6 Å². The van der Waals surface area contributed by atoms with E-state index in [2.05, 4.69) is 34.5 Å². The Morgan fingerprint density at radius 1 is 1.20 bits per heavy atom. The molecule has 0 aliphatic rings. The smallest absolute Gasteiger partial charge is 0.141 e. The lowest BCUT2D eigenvalue weighted by molar-refractivity contribution is 0.470. The molecular weight excluding hydrogens is 365 g/mol. The topological polar surface area (TPSA) is 52.8 Å². The lowest BCUT2D eigenvalue weighted by Crippen LogP contribution is -1.88. The van der Waals surface area contributed by atoms with E-state index in [9.17, 15) is 10.2 Å². The van der Waals surface area contributed by atoms with Crippen LogP contribution in [0, 0.1) is 10.5 Å². The summed E-state index contributed by atoms with van der Waals surface area (Å²) < 4.78 is 1.03. The molecule has 2 rings (SSSR count). The number of aromatic hydroxyl groups is 2. The maximum atomic E-state index is 10.0. The fraction of sp³-hybridized carbons (Fsp3) is 0.188. The molecule has 0 atom stereocenters. The van der Waals surface area contributed by atoms with E-state index >= 15 is 0 Å². The van der Waals surface area contributed by atoms with Crippen molar-refractivity contribution in [3.63, 3.8) is 0 Å². The van der Waals surface area contributed by atoms with Gasteiger partial charge in [0.2, 0.25) is 0 Å². The van der Waals surface area contributed by atoms with Crippen molar-refractivity contribution in [1.82, 2.24) is 0 Å². The maximum absolute atomic E-state index is 10.0. The lowest BCUT2D eigenvalue weighted by atomic mass is 10.1. The van der Waals surface area contributed by atoms with Crippen LogP contribution in [-0.2, 0) is 6.42 Å². The predicted octanol–water partition coefficient (Wildman–Crippen LogP) is 4.32. The van der Waals surface area contributed by atoms with Gasteiger partial charge in [0, 0.05) is 15.3 Å². The fourth-order valence-corrected chi connectivity index (χ4v) is 2.69. The second-order valence-electron chi connectivity index (χ2n) is 4.60. The van der Waals surface area contributed by atoms with Gasteiger partial charge in [0.1, 0.15) is 17.2 Å². The summed E-state index contributed by atoms with van der Waals surface area (Å²) in [4.78, 5) is 4.29. The number of hydrogen-bond donors (Lipinski definition) is 2. The summed E-state index contributed by atoms with van der Waals surface area (Å²) in [5.41, 5.74) is 3.08. The van der Waals surface area contributed by atoms with Crippen molar-refractivity contribution in [1.29, 1.82) is 0 Å². The Labute approximate surface area is 132 Å². The Kier molecular flexibility index (Phi) is 4.65. The van der Waals surface area contributed by atoms with Gasteiger partial charge in [-0.15, -0.1) is 0 Å². The van der Waals surface area contributed by atoms with Crippen molar-refractivity contribution < 1.29 is 10.2 Å². The van der Waals surface area contributed by atoms with Gasteiger partial charge in [-0.05, 0) is 71.3 Å². The molecule has 104 valence electrons. The molecule has 2 aromatic rings. The van der Waals surface area contributed by atoms with Gasteiger partial charge in [0.25, 0.3) is 0 Å². The van der Waals surface area contributed by atoms with E-state index in [1.165, 1.54) is 0 Å². The molecule has 0 unspecified atom stereocenters. The van der Waals surface area contributed by atoms with Gasteiger partial charge in [0.05, 0.1) is 0 Å². The fourth-order valence-electron chi connectivity index (χ4n) is 1.89. The Hall–Kier alpha value is -1.56. The summed E-state index contributed by atoms with van der Waals surface area (Å²) >= 11 is 2.20. The number of benzene rings is 2. The second kappa shape index (κ2) is 6.26. The molecule has 0 bridgehead atoms. The number of phenolic OH excluding ortho intramolecular Hbond substituents is 2. The number of phenols is 2. The number of nitrogens with zero attached hydrogens (tertiary/aromatic N) is 1. The summed E-state index contributed by atoms with van der Waals surface area (Å²) in [5, 5.41) is 19.8. The van der Waals surface area contributed by atoms with Gasteiger partial charge in [-0.25, -0.2) is 0 Å². The molecule has 0 aliphatic heterocycles. The average molecular weight is 381 g/mol. The van der Waals surface area contributed by atoms with Crippen LogP contribution < -0.4 is 0 Å². The molecule has 0 saturated heterocycles. The zero-order valence-electron chi connectivity index (χ0n) is 11.4. The molecule has 2 N–H and O–H groups in total. The van der Waals surface area contributed by atoms with Crippen LogP contribution in [-0.4, -0.2) is 16.4 Å². The normalized spacial score (nSPS) is 11.2. The first-order chi connectivity index (χ1) is 9.51. The predicted molar refractivity (Wildman–Crippen MR) is 90.3 cm³/mol. The highest BCUT2D eigenvalue weighted by Gasteiger charge is 2.05. The van der Waals surface area contributed by atoms with Gasteiger partial charge in [0.15, 0.2) is 0 Å². The van der Waals surface area contributed by atoms with Crippen LogP contribution in [0.5, 0.6) is 11.5 Å². The van der Waals surface area contributed by atoms with Crippen LogP contribution >= 0.6 is 22.6 Å². The second-order valence-corrected chi connectivity index (χ2v) is 5.84. The van der Waals surface area contributed by atoms with E-state index < -0.39 is 0 Å². The SMILES string of the molecule is CCc1ccc(O)c(/N=C/c2cc(I)cc(C)c2O)c1. The van der Waals surface area contributed by atoms with Crippen LogP contribution in [0.1, 0.15) is 23.6 Å². The van der Waals surface area contributed by atoms with Crippen LogP contribution in [0.25, 0.3) is 0 Å². The Morgan fingerprint density at radius 3 is 2.65 bits per heavy atom. The number of aryl methyl sites for hydroxylation is 2. The minimum absolute atomic E-state index is 0.139. The van der Waals surface area contributed by atoms with Crippen LogP contribution in [0.4, 0.5) is 5.69 Å². The number of aliphatic imine (C=N–C) groups is 1. The first-order valence-electron chi connectivity index (χ1n) is 6.36. The summed E-state index contributed by atoms with van der Waals surface area (Å²) in [6.45, 7) is 3.90. The quantitative estimate of drug-likeness (QED) is 0.615. The molecule has 0 amide bonds. The van der Waals surface area contributed by atoms with Crippen molar-refractivity contribution in [2.75, 3.05) is 0 Å². The minimum atomic E-state index is 0.139. The zero-order chi connectivity index (χ0) is 14.7. The van der Waals surface area contributed by atoms with E-state index in [1.807, 2.05) is 31.2 Å². The monoisotopic (exact) mass is 381 g/mol. The molecule has 0 aromatic heterocycles. The van der Waals surface area contributed by atoms with Gasteiger partial charge in [-0.3, -0.25) is 4.99 Å². The highest BCUT2D eigenvalue weighted by Crippen LogP contribution is 2.29. The first-order valence-corrected chi connectivity index (χ1v) is 7.44. The van der Waals surface area contributed by atoms with Crippen molar-refractivity contribution in [3.8, 4) is 11.5 Å². The summed E-state index contributed by atoms with van der Waals surface area (Å²) in [6, 6.07) is 9.13. The van der Waals surface area contributed by atoms with Gasteiger partial charge >= 0.3 is 0 Å². The molecule has 2 aromatic carbocycles. The van der Waals surface area contributed by atoms with Gasteiger partial charge < -0.3 is 10.2 Å². The molecule has 4 heteroatoms. The van der Waals surface area contributed by atoms with Gasteiger partial charge in [-0.2, -0.15) is 0 Å². The van der Waals surface area contributed by atoms with Crippen LogP contribution in [0.2, 0.25) is 0 Å². The third kappa shape index (κ3) is 3.30. The van der Waals surface area contributed by atoms with Crippen molar-refractivity contribution in [2.24, 2.45) is 4.99 Å². The molecule has 0 fully saturated rings. The molecule has 0 radical (unpaired) electrons. The molecule has 20 heavy (non-hydrogen) atoms. The molecule has 0 aliphatic carbocycles. The number of rotatable bonds is 3. The Morgan fingerprint density at radius 2 is 1.95 bits per heavy atom.